The lowest BCUT2D eigenvalue weighted by Gasteiger charge is -2.24. The number of likely N-dealkylation sites (N-methyl/N-ethyl adjacent to an activating group) is 1. The standard InChI is InChI=1S/C14H15F5N2O/c1-20(7-9-2-3-10(15)11(16)6-9)12-4-5-21(13(12)22)8-14(17,18)19/h2-3,6,12H,4-5,7-8H2,1H3/t12-/m0/s1. The number of carbonyl (C=O) groups excluding carboxylic acids is 1. The van der Waals surface area contributed by atoms with E-state index in [1.807, 2.05) is 0 Å². The third-order valence-corrected chi connectivity index (χ3v) is 3.59. The van der Waals surface area contributed by atoms with Crippen molar-refractivity contribution in [3.63, 3.8) is 0 Å². The van der Waals surface area contributed by atoms with Gasteiger partial charge in [-0.25, -0.2) is 8.78 Å². The van der Waals surface area contributed by atoms with Crippen LogP contribution < -0.4 is 0 Å². The first-order chi connectivity index (χ1) is 10.2. The minimum absolute atomic E-state index is 0.0329. The normalized spacial score (nSPS) is 19.3. The number of halogens is 5. The van der Waals surface area contributed by atoms with Gasteiger partial charge in [0.15, 0.2) is 11.6 Å². The first-order valence-corrected chi connectivity index (χ1v) is 6.67. The van der Waals surface area contributed by atoms with Crippen LogP contribution in [0.4, 0.5) is 22.0 Å². The van der Waals surface area contributed by atoms with Crippen LogP contribution in [0.1, 0.15) is 12.0 Å². The molecule has 1 aromatic rings. The molecule has 0 bridgehead atoms. The highest BCUT2D eigenvalue weighted by Crippen LogP contribution is 2.23. The van der Waals surface area contributed by atoms with E-state index >= 15 is 0 Å². The van der Waals surface area contributed by atoms with E-state index in [1.54, 1.807) is 11.9 Å². The van der Waals surface area contributed by atoms with Gasteiger partial charge in [-0.15, -0.1) is 0 Å². The van der Waals surface area contributed by atoms with Crippen LogP contribution in [-0.2, 0) is 11.3 Å². The third kappa shape index (κ3) is 3.94. The predicted octanol–water partition coefficient (Wildman–Crippen LogP) is 2.56. The van der Waals surface area contributed by atoms with Gasteiger partial charge in [-0.3, -0.25) is 9.69 Å². The number of hydrogen-bond donors (Lipinski definition) is 0. The molecule has 0 N–H and O–H groups in total. The van der Waals surface area contributed by atoms with E-state index in [2.05, 4.69) is 0 Å². The van der Waals surface area contributed by atoms with Gasteiger partial charge in [0.05, 0.1) is 6.04 Å². The molecule has 0 aromatic heterocycles. The molecule has 0 spiro atoms. The highest BCUT2D eigenvalue weighted by atomic mass is 19.4. The highest BCUT2D eigenvalue weighted by molar-refractivity contribution is 5.84. The number of alkyl halides is 3. The Kier molecular flexibility index (Phi) is 4.69. The van der Waals surface area contributed by atoms with Crippen LogP contribution >= 0.6 is 0 Å². The summed E-state index contributed by atoms with van der Waals surface area (Å²) in [5, 5.41) is 0. The maximum absolute atomic E-state index is 13.1. The SMILES string of the molecule is CN(Cc1ccc(F)c(F)c1)[C@H]1CCN(CC(F)(F)F)C1=O. The van der Waals surface area contributed by atoms with Crippen molar-refractivity contribution < 1.29 is 26.7 Å². The minimum atomic E-state index is -4.43. The van der Waals surface area contributed by atoms with Crippen LogP contribution in [0.15, 0.2) is 18.2 Å². The average molecular weight is 322 g/mol. The Labute approximate surface area is 124 Å². The van der Waals surface area contributed by atoms with Gasteiger partial charge >= 0.3 is 6.18 Å². The van der Waals surface area contributed by atoms with Crippen molar-refractivity contribution in [2.24, 2.45) is 0 Å². The number of amides is 1. The molecule has 1 fully saturated rings. The van der Waals surface area contributed by atoms with Crippen molar-refractivity contribution in [3.05, 3.63) is 35.4 Å². The topological polar surface area (TPSA) is 23.6 Å². The number of hydrogen-bond acceptors (Lipinski definition) is 2. The Morgan fingerprint density at radius 1 is 1.27 bits per heavy atom. The van der Waals surface area contributed by atoms with Crippen molar-refractivity contribution in [2.75, 3.05) is 20.1 Å². The molecule has 0 radical (unpaired) electrons. The zero-order valence-corrected chi connectivity index (χ0v) is 11.8. The second-order valence-electron chi connectivity index (χ2n) is 5.34. The lowest BCUT2D eigenvalue weighted by Crippen LogP contribution is -2.42. The maximum atomic E-state index is 13.1. The molecular formula is C14H15F5N2O. The molecule has 0 aliphatic carbocycles. The Bertz CT molecular complexity index is 561. The summed E-state index contributed by atoms with van der Waals surface area (Å²) in [5.41, 5.74) is 0.448. The van der Waals surface area contributed by atoms with Gasteiger partial charge < -0.3 is 4.90 Å². The fourth-order valence-electron chi connectivity index (χ4n) is 2.54. The van der Waals surface area contributed by atoms with Gasteiger partial charge in [0.25, 0.3) is 0 Å². The van der Waals surface area contributed by atoms with Crippen molar-refractivity contribution in [2.45, 2.75) is 25.2 Å². The summed E-state index contributed by atoms with van der Waals surface area (Å²) in [6.45, 7) is -1.08. The molecule has 1 aliphatic heterocycles. The largest absolute Gasteiger partial charge is 0.406 e. The van der Waals surface area contributed by atoms with Gasteiger partial charge in [0, 0.05) is 13.1 Å². The summed E-state index contributed by atoms with van der Waals surface area (Å²) in [6, 6.07) is 2.68. The molecule has 8 heteroatoms. The molecule has 1 atom stereocenters. The van der Waals surface area contributed by atoms with E-state index in [-0.39, 0.29) is 19.5 Å². The first-order valence-electron chi connectivity index (χ1n) is 6.67. The molecule has 1 aliphatic rings. The predicted molar refractivity (Wildman–Crippen MR) is 68.9 cm³/mol. The lowest BCUT2D eigenvalue weighted by atomic mass is 10.1. The average Bonchev–Trinajstić information content (AvgIpc) is 2.74. The summed E-state index contributed by atoms with van der Waals surface area (Å²) in [6.07, 6.45) is -4.15. The quantitative estimate of drug-likeness (QED) is 0.796. The van der Waals surface area contributed by atoms with Crippen molar-refractivity contribution in [1.29, 1.82) is 0 Å². The van der Waals surface area contributed by atoms with Crippen LogP contribution in [0.2, 0.25) is 0 Å². The molecule has 22 heavy (non-hydrogen) atoms. The molecule has 1 saturated heterocycles. The minimum Gasteiger partial charge on any atom is -0.332 e. The van der Waals surface area contributed by atoms with Crippen molar-refractivity contribution >= 4 is 5.91 Å². The highest BCUT2D eigenvalue weighted by Gasteiger charge is 2.40. The van der Waals surface area contributed by atoms with Crippen LogP contribution in [0.3, 0.4) is 0 Å². The van der Waals surface area contributed by atoms with E-state index in [0.717, 1.165) is 17.0 Å². The maximum Gasteiger partial charge on any atom is 0.406 e. The van der Waals surface area contributed by atoms with Crippen molar-refractivity contribution in [3.8, 4) is 0 Å². The van der Waals surface area contributed by atoms with E-state index in [1.165, 1.54) is 6.07 Å². The monoisotopic (exact) mass is 322 g/mol. The van der Waals surface area contributed by atoms with E-state index in [9.17, 15) is 26.7 Å². The summed E-state index contributed by atoms with van der Waals surface area (Å²) < 4.78 is 63.0. The molecule has 122 valence electrons. The van der Waals surface area contributed by atoms with Gasteiger partial charge in [-0.1, -0.05) is 6.07 Å². The molecule has 2 rings (SSSR count). The fourth-order valence-corrected chi connectivity index (χ4v) is 2.54. The summed E-state index contributed by atoms with van der Waals surface area (Å²) in [5.74, 6) is -2.57. The molecule has 1 amide bonds. The number of likely N-dealkylation sites (tertiary alicyclic amines) is 1. The molecule has 0 unspecified atom stereocenters. The third-order valence-electron chi connectivity index (χ3n) is 3.59. The Balaban J connectivity index is 2.00. The fraction of sp³-hybridized carbons (Fsp3) is 0.500. The van der Waals surface area contributed by atoms with Crippen LogP contribution in [0, 0.1) is 11.6 Å². The number of rotatable bonds is 4. The smallest absolute Gasteiger partial charge is 0.332 e. The first kappa shape index (κ1) is 16.7. The van der Waals surface area contributed by atoms with Gasteiger partial charge in [0.1, 0.15) is 6.54 Å². The van der Waals surface area contributed by atoms with Gasteiger partial charge in [0.2, 0.25) is 5.91 Å². The van der Waals surface area contributed by atoms with Crippen LogP contribution in [0.5, 0.6) is 0 Å². The number of nitrogens with zero attached hydrogens (tertiary/aromatic N) is 2. The Morgan fingerprint density at radius 2 is 1.95 bits per heavy atom. The zero-order chi connectivity index (χ0) is 16.5. The second kappa shape index (κ2) is 6.20. The Morgan fingerprint density at radius 3 is 2.55 bits per heavy atom. The molecule has 0 saturated carbocycles. The van der Waals surface area contributed by atoms with E-state index in [0.29, 0.717) is 5.56 Å². The number of carbonyl (C=O) groups is 1. The summed E-state index contributed by atoms with van der Waals surface area (Å²) in [4.78, 5) is 14.3. The van der Waals surface area contributed by atoms with Crippen LogP contribution in [0.25, 0.3) is 0 Å². The van der Waals surface area contributed by atoms with Gasteiger partial charge in [-0.2, -0.15) is 13.2 Å². The van der Waals surface area contributed by atoms with E-state index < -0.39 is 36.3 Å². The molecule has 1 heterocycles. The van der Waals surface area contributed by atoms with Gasteiger partial charge in [-0.05, 0) is 31.2 Å². The van der Waals surface area contributed by atoms with E-state index in [4.69, 9.17) is 0 Å². The molecular weight excluding hydrogens is 307 g/mol. The zero-order valence-electron chi connectivity index (χ0n) is 11.8. The number of benzene rings is 1. The summed E-state index contributed by atoms with van der Waals surface area (Å²) in [7, 11) is 1.57. The van der Waals surface area contributed by atoms with Crippen molar-refractivity contribution in [1.82, 2.24) is 9.80 Å². The lowest BCUT2D eigenvalue weighted by molar-refractivity contribution is -0.159. The molecule has 3 nitrogen and oxygen atoms in total. The second-order valence-corrected chi connectivity index (χ2v) is 5.34. The summed E-state index contributed by atoms with van der Waals surface area (Å²) >= 11 is 0. The Hall–Kier alpha value is -1.70. The van der Waals surface area contributed by atoms with Crippen LogP contribution in [-0.4, -0.2) is 48.1 Å². The molecule has 1 aromatic carbocycles.